The summed E-state index contributed by atoms with van der Waals surface area (Å²) in [4.78, 5) is 6.55. The van der Waals surface area contributed by atoms with Gasteiger partial charge in [-0.05, 0) is 30.5 Å². The minimum atomic E-state index is 0.152. The van der Waals surface area contributed by atoms with Crippen molar-refractivity contribution in [2.45, 2.75) is 19.9 Å². The lowest BCUT2D eigenvalue weighted by Gasteiger charge is -2.36. The van der Waals surface area contributed by atoms with E-state index in [-0.39, 0.29) is 6.04 Å². The lowest BCUT2D eigenvalue weighted by molar-refractivity contribution is 0.269. The highest BCUT2D eigenvalue weighted by Crippen LogP contribution is 2.24. The molecule has 2 rings (SSSR count). The molecule has 2 unspecified atom stereocenters. The van der Waals surface area contributed by atoms with Gasteiger partial charge in [0.05, 0.1) is 6.04 Å². The number of hydrogen-bond donors (Lipinski definition) is 1. The first kappa shape index (κ1) is 13.7. The fraction of sp³-hybridized carbons (Fsp3) is 0.429. The Morgan fingerprint density at radius 2 is 2.16 bits per heavy atom. The SMILES string of the molecule is CC1CN=C(NC#N)N(C(C)c2ccc(Cl)cc2)C1. The average molecular weight is 277 g/mol. The van der Waals surface area contributed by atoms with Crippen LogP contribution in [0, 0.1) is 17.4 Å². The van der Waals surface area contributed by atoms with Crippen LogP contribution in [0.5, 0.6) is 0 Å². The van der Waals surface area contributed by atoms with E-state index in [1.807, 2.05) is 30.5 Å². The third kappa shape index (κ3) is 3.18. The number of nitrogens with zero attached hydrogens (tertiary/aromatic N) is 3. The molecule has 0 radical (unpaired) electrons. The molecule has 1 N–H and O–H groups in total. The Kier molecular flexibility index (Phi) is 4.28. The molecule has 2 atom stereocenters. The zero-order chi connectivity index (χ0) is 13.8. The zero-order valence-corrected chi connectivity index (χ0v) is 11.9. The van der Waals surface area contributed by atoms with Crippen LogP contribution in [-0.2, 0) is 0 Å². The van der Waals surface area contributed by atoms with Crippen molar-refractivity contribution in [2.75, 3.05) is 13.1 Å². The first-order valence-electron chi connectivity index (χ1n) is 6.33. The normalized spacial score (nSPS) is 20.4. The van der Waals surface area contributed by atoms with Crippen molar-refractivity contribution >= 4 is 17.6 Å². The molecule has 19 heavy (non-hydrogen) atoms. The van der Waals surface area contributed by atoms with E-state index >= 15 is 0 Å². The number of hydrogen-bond acceptors (Lipinski definition) is 4. The van der Waals surface area contributed by atoms with E-state index in [0.717, 1.165) is 23.7 Å². The fourth-order valence-electron chi connectivity index (χ4n) is 2.24. The average Bonchev–Trinajstić information content (AvgIpc) is 2.41. The maximum absolute atomic E-state index is 8.80. The van der Waals surface area contributed by atoms with Crippen molar-refractivity contribution in [1.29, 1.82) is 5.26 Å². The van der Waals surface area contributed by atoms with Crippen molar-refractivity contribution in [3.05, 3.63) is 34.9 Å². The molecule has 1 aromatic rings. The highest BCUT2D eigenvalue weighted by atomic mass is 35.5. The van der Waals surface area contributed by atoms with E-state index in [0.29, 0.717) is 11.9 Å². The molecular formula is C14H17ClN4. The molecule has 0 aliphatic carbocycles. The van der Waals surface area contributed by atoms with Crippen molar-refractivity contribution in [3.8, 4) is 6.19 Å². The van der Waals surface area contributed by atoms with Crippen LogP contribution in [-0.4, -0.2) is 23.9 Å². The quantitative estimate of drug-likeness (QED) is 0.667. The Morgan fingerprint density at radius 3 is 2.79 bits per heavy atom. The van der Waals surface area contributed by atoms with Gasteiger partial charge in [-0.2, -0.15) is 5.26 Å². The van der Waals surface area contributed by atoms with Crippen LogP contribution < -0.4 is 5.32 Å². The van der Waals surface area contributed by atoms with Gasteiger partial charge in [0.2, 0.25) is 5.96 Å². The summed E-state index contributed by atoms with van der Waals surface area (Å²) >= 11 is 5.91. The highest BCUT2D eigenvalue weighted by molar-refractivity contribution is 6.30. The van der Waals surface area contributed by atoms with Gasteiger partial charge >= 0.3 is 0 Å². The van der Waals surface area contributed by atoms with E-state index in [9.17, 15) is 0 Å². The van der Waals surface area contributed by atoms with Gasteiger partial charge in [-0.3, -0.25) is 10.3 Å². The van der Waals surface area contributed by atoms with Crippen molar-refractivity contribution < 1.29 is 0 Å². The molecule has 0 spiro atoms. The van der Waals surface area contributed by atoms with Crippen LogP contribution in [0.1, 0.15) is 25.5 Å². The van der Waals surface area contributed by atoms with Crippen molar-refractivity contribution in [3.63, 3.8) is 0 Å². The summed E-state index contributed by atoms with van der Waals surface area (Å²) in [5.74, 6) is 1.14. The molecule has 1 aliphatic heterocycles. The fourth-order valence-corrected chi connectivity index (χ4v) is 2.36. The van der Waals surface area contributed by atoms with Gasteiger partial charge < -0.3 is 4.90 Å². The second kappa shape index (κ2) is 5.94. The van der Waals surface area contributed by atoms with Gasteiger partial charge in [0.1, 0.15) is 0 Å². The van der Waals surface area contributed by atoms with Crippen LogP contribution >= 0.6 is 11.6 Å². The first-order valence-corrected chi connectivity index (χ1v) is 6.71. The number of aliphatic imine (C=N–C) groups is 1. The number of nitrogens with one attached hydrogen (secondary N) is 1. The number of guanidine groups is 1. The molecule has 100 valence electrons. The Labute approximate surface area is 118 Å². The molecular weight excluding hydrogens is 260 g/mol. The van der Waals surface area contributed by atoms with Gasteiger partial charge in [-0.15, -0.1) is 0 Å². The van der Waals surface area contributed by atoms with E-state index in [1.165, 1.54) is 0 Å². The number of nitriles is 1. The van der Waals surface area contributed by atoms with E-state index in [4.69, 9.17) is 16.9 Å². The summed E-state index contributed by atoms with van der Waals surface area (Å²) in [6.45, 7) is 5.91. The molecule has 0 saturated carbocycles. The van der Waals surface area contributed by atoms with Gasteiger partial charge in [-0.1, -0.05) is 30.7 Å². The third-order valence-corrected chi connectivity index (χ3v) is 3.57. The molecule has 4 nitrogen and oxygen atoms in total. The Balaban J connectivity index is 2.22. The Hall–Kier alpha value is -1.73. The van der Waals surface area contributed by atoms with Gasteiger partial charge in [0.25, 0.3) is 0 Å². The van der Waals surface area contributed by atoms with Crippen molar-refractivity contribution in [2.24, 2.45) is 10.9 Å². The summed E-state index contributed by atoms with van der Waals surface area (Å²) in [6, 6.07) is 7.94. The standard InChI is InChI=1S/C14H17ClN4/c1-10-7-17-14(18-9-16)19(8-10)11(2)12-3-5-13(15)6-4-12/h3-6,10-11H,7-8H2,1-2H3,(H,17,18). The summed E-state index contributed by atoms with van der Waals surface area (Å²) in [7, 11) is 0. The molecule has 0 saturated heterocycles. The predicted molar refractivity (Wildman–Crippen MR) is 76.8 cm³/mol. The molecule has 1 aliphatic rings. The van der Waals surface area contributed by atoms with Gasteiger partial charge in [0.15, 0.2) is 6.19 Å². The molecule has 5 heteroatoms. The van der Waals surface area contributed by atoms with Gasteiger partial charge in [-0.25, -0.2) is 0 Å². The molecule has 0 fully saturated rings. The van der Waals surface area contributed by atoms with Crippen LogP contribution in [0.25, 0.3) is 0 Å². The summed E-state index contributed by atoms with van der Waals surface area (Å²) in [5.41, 5.74) is 1.16. The van der Waals surface area contributed by atoms with Crippen LogP contribution in [0.15, 0.2) is 29.3 Å². The molecule has 1 aromatic carbocycles. The largest absolute Gasteiger partial charge is 0.335 e. The molecule has 0 bridgehead atoms. The van der Waals surface area contributed by atoms with Crippen LogP contribution in [0.3, 0.4) is 0 Å². The van der Waals surface area contributed by atoms with E-state index in [2.05, 4.69) is 29.1 Å². The zero-order valence-electron chi connectivity index (χ0n) is 11.1. The Bertz CT molecular complexity index is 503. The maximum atomic E-state index is 8.80. The lowest BCUT2D eigenvalue weighted by atomic mass is 10.0. The molecule has 0 aromatic heterocycles. The van der Waals surface area contributed by atoms with Crippen LogP contribution in [0.2, 0.25) is 5.02 Å². The third-order valence-electron chi connectivity index (χ3n) is 3.32. The highest BCUT2D eigenvalue weighted by Gasteiger charge is 2.25. The van der Waals surface area contributed by atoms with E-state index < -0.39 is 0 Å². The summed E-state index contributed by atoms with van der Waals surface area (Å²) in [5, 5.41) is 12.2. The molecule has 0 amide bonds. The van der Waals surface area contributed by atoms with Crippen LogP contribution in [0.4, 0.5) is 0 Å². The van der Waals surface area contributed by atoms with Gasteiger partial charge in [0, 0.05) is 18.1 Å². The second-order valence-electron chi connectivity index (χ2n) is 4.89. The number of halogens is 1. The summed E-state index contributed by atoms with van der Waals surface area (Å²) < 4.78 is 0. The lowest BCUT2D eigenvalue weighted by Crippen LogP contribution is -2.46. The Morgan fingerprint density at radius 1 is 1.47 bits per heavy atom. The van der Waals surface area contributed by atoms with Crippen molar-refractivity contribution in [1.82, 2.24) is 10.2 Å². The number of benzene rings is 1. The predicted octanol–water partition coefficient (Wildman–Crippen LogP) is 2.78. The second-order valence-corrected chi connectivity index (χ2v) is 5.32. The monoisotopic (exact) mass is 276 g/mol. The molecule has 1 heterocycles. The smallest absolute Gasteiger partial charge is 0.207 e. The topological polar surface area (TPSA) is 51.4 Å². The van der Waals surface area contributed by atoms with E-state index in [1.54, 1.807) is 0 Å². The minimum Gasteiger partial charge on any atom is -0.335 e. The first-order chi connectivity index (χ1) is 9.11. The summed E-state index contributed by atoms with van der Waals surface area (Å²) in [6.07, 6.45) is 1.95. The number of rotatable bonds is 2. The minimum absolute atomic E-state index is 0.152. The maximum Gasteiger partial charge on any atom is 0.207 e.